The van der Waals surface area contributed by atoms with Gasteiger partial charge in [0.15, 0.2) is 0 Å². The van der Waals surface area contributed by atoms with Gasteiger partial charge < -0.3 is 14.2 Å². The van der Waals surface area contributed by atoms with Crippen molar-refractivity contribution in [2.75, 3.05) is 20.3 Å². The molecule has 106 valence electrons. The Morgan fingerprint density at radius 3 is 2.74 bits per heavy atom. The lowest BCUT2D eigenvalue weighted by atomic mass is 10.3. The zero-order valence-electron chi connectivity index (χ0n) is 10.2. The first-order chi connectivity index (χ1) is 8.99. The molecule has 1 aliphatic rings. The van der Waals surface area contributed by atoms with E-state index in [0.717, 1.165) is 0 Å². The summed E-state index contributed by atoms with van der Waals surface area (Å²) in [5.74, 6) is 1.15. The molecule has 0 spiro atoms. The lowest BCUT2D eigenvalue weighted by Crippen LogP contribution is -2.38. The van der Waals surface area contributed by atoms with Gasteiger partial charge in [0.2, 0.25) is 6.23 Å². The number of hydrogen-bond donors (Lipinski definition) is 1. The summed E-state index contributed by atoms with van der Waals surface area (Å²) in [5, 5.41) is 2.25. The number of methoxy groups -OCH3 is 1. The molecule has 4 nitrogen and oxygen atoms in total. The number of benzene rings is 1. The van der Waals surface area contributed by atoms with Crippen LogP contribution in [-0.4, -0.2) is 38.8 Å². The highest BCUT2D eigenvalue weighted by Gasteiger charge is 2.45. The zero-order valence-corrected chi connectivity index (χ0v) is 10.2. The molecule has 1 aliphatic heterocycles. The van der Waals surface area contributed by atoms with E-state index in [1.165, 1.54) is 7.11 Å². The van der Waals surface area contributed by atoms with Crippen LogP contribution >= 0.6 is 0 Å². The van der Waals surface area contributed by atoms with Crippen LogP contribution in [0.15, 0.2) is 24.3 Å². The first kappa shape index (κ1) is 14.0. The highest BCUT2D eigenvalue weighted by molar-refractivity contribution is 5.32. The molecule has 7 heteroatoms. The minimum atomic E-state index is -4.40. The van der Waals surface area contributed by atoms with E-state index in [4.69, 9.17) is 14.2 Å². The van der Waals surface area contributed by atoms with Crippen LogP contribution in [0.1, 0.15) is 0 Å². The summed E-state index contributed by atoms with van der Waals surface area (Å²) >= 11 is 0. The van der Waals surface area contributed by atoms with Crippen LogP contribution < -0.4 is 14.8 Å². The van der Waals surface area contributed by atoms with Crippen molar-refractivity contribution in [3.05, 3.63) is 24.3 Å². The van der Waals surface area contributed by atoms with Crippen molar-refractivity contribution in [3.63, 3.8) is 0 Å². The average Bonchev–Trinajstić information content (AvgIpc) is 2.85. The van der Waals surface area contributed by atoms with Gasteiger partial charge in [-0.05, 0) is 12.1 Å². The monoisotopic (exact) mass is 277 g/mol. The fraction of sp³-hybridized carbons (Fsp3) is 0.500. The minimum absolute atomic E-state index is 0.0484. The SMILES string of the molecule is COc1cccc(OCC2CNC(C(F)(F)F)O2)c1. The normalized spacial score (nSPS) is 23.4. The molecule has 0 saturated carbocycles. The molecule has 2 atom stereocenters. The van der Waals surface area contributed by atoms with Crippen LogP contribution in [0.25, 0.3) is 0 Å². The van der Waals surface area contributed by atoms with Gasteiger partial charge in [0.25, 0.3) is 0 Å². The summed E-state index contributed by atoms with van der Waals surface area (Å²) in [6, 6.07) is 6.84. The van der Waals surface area contributed by atoms with Gasteiger partial charge in [0.05, 0.1) is 7.11 Å². The molecular weight excluding hydrogens is 263 g/mol. The Morgan fingerprint density at radius 1 is 1.37 bits per heavy atom. The van der Waals surface area contributed by atoms with Gasteiger partial charge in [-0.3, -0.25) is 5.32 Å². The van der Waals surface area contributed by atoms with Crippen LogP contribution in [-0.2, 0) is 4.74 Å². The van der Waals surface area contributed by atoms with Crippen molar-refractivity contribution >= 4 is 0 Å². The summed E-state index contributed by atoms with van der Waals surface area (Å²) in [5.41, 5.74) is 0. The highest BCUT2D eigenvalue weighted by atomic mass is 19.4. The van der Waals surface area contributed by atoms with Gasteiger partial charge in [0, 0.05) is 12.6 Å². The van der Waals surface area contributed by atoms with Crippen molar-refractivity contribution in [2.24, 2.45) is 0 Å². The van der Waals surface area contributed by atoms with Crippen molar-refractivity contribution in [1.82, 2.24) is 5.32 Å². The number of nitrogens with one attached hydrogen (secondary N) is 1. The van der Waals surface area contributed by atoms with E-state index in [1.54, 1.807) is 24.3 Å². The van der Waals surface area contributed by atoms with E-state index in [0.29, 0.717) is 11.5 Å². The molecule has 2 rings (SSSR count). The molecule has 0 aliphatic carbocycles. The molecular formula is C12H14F3NO3. The number of alkyl halides is 3. The maximum absolute atomic E-state index is 12.4. The lowest BCUT2D eigenvalue weighted by molar-refractivity contribution is -0.221. The van der Waals surface area contributed by atoms with Crippen molar-refractivity contribution < 1.29 is 27.4 Å². The van der Waals surface area contributed by atoms with Crippen molar-refractivity contribution in [3.8, 4) is 11.5 Å². The number of rotatable bonds is 4. The Morgan fingerprint density at radius 2 is 2.11 bits per heavy atom. The van der Waals surface area contributed by atoms with Crippen LogP contribution in [0.3, 0.4) is 0 Å². The molecule has 1 aromatic carbocycles. The summed E-state index contributed by atoms with van der Waals surface area (Å²) in [4.78, 5) is 0. The standard InChI is InChI=1S/C12H14F3NO3/c1-17-8-3-2-4-9(5-8)18-7-10-6-16-11(19-10)12(13,14)15/h2-5,10-11,16H,6-7H2,1H3. The third kappa shape index (κ3) is 3.74. The number of ether oxygens (including phenoxy) is 3. The largest absolute Gasteiger partial charge is 0.497 e. The van der Waals surface area contributed by atoms with Crippen molar-refractivity contribution in [2.45, 2.75) is 18.5 Å². The summed E-state index contributed by atoms with van der Waals surface area (Å²) in [7, 11) is 1.52. The molecule has 1 saturated heterocycles. The van der Waals surface area contributed by atoms with E-state index >= 15 is 0 Å². The first-order valence-corrected chi connectivity index (χ1v) is 5.71. The van der Waals surface area contributed by atoms with E-state index in [1.807, 2.05) is 0 Å². The third-order valence-corrected chi connectivity index (χ3v) is 2.63. The average molecular weight is 277 g/mol. The molecule has 1 N–H and O–H groups in total. The Labute approximate surface area is 108 Å². The molecule has 0 aromatic heterocycles. The van der Waals surface area contributed by atoms with Gasteiger partial charge in [-0.1, -0.05) is 6.07 Å². The molecule has 1 heterocycles. The second kappa shape index (κ2) is 5.66. The predicted molar refractivity (Wildman–Crippen MR) is 61.2 cm³/mol. The molecule has 0 amide bonds. The van der Waals surface area contributed by atoms with Crippen LogP contribution in [0.2, 0.25) is 0 Å². The summed E-state index contributed by atoms with van der Waals surface area (Å²) in [6.45, 7) is 0.154. The smallest absolute Gasteiger partial charge is 0.428 e. The van der Waals surface area contributed by atoms with Crippen LogP contribution in [0.4, 0.5) is 13.2 Å². The maximum atomic E-state index is 12.4. The summed E-state index contributed by atoms with van der Waals surface area (Å²) in [6.07, 6.45) is -6.94. The van der Waals surface area contributed by atoms with Gasteiger partial charge >= 0.3 is 6.18 Å². The van der Waals surface area contributed by atoms with Gasteiger partial charge in [0.1, 0.15) is 24.2 Å². The Balaban J connectivity index is 1.83. The van der Waals surface area contributed by atoms with E-state index in [9.17, 15) is 13.2 Å². The minimum Gasteiger partial charge on any atom is -0.497 e. The highest BCUT2D eigenvalue weighted by Crippen LogP contribution is 2.25. The fourth-order valence-electron chi connectivity index (χ4n) is 1.70. The van der Waals surface area contributed by atoms with E-state index in [2.05, 4.69) is 5.32 Å². The second-order valence-corrected chi connectivity index (χ2v) is 4.08. The van der Waals surface area contributed by atoms with E-state index in [-0.39, 0.29) is 13.2 Å². The molecule has 19 heavy (non-hydrogen) atoms. The Bertz CT molecular complexity index is 425. The van der Waals surface area contributed by atoms with Gasteiger partial charge in [-0.2, -0.15) is 13.2 Å². The Kier molecular flexibility index (Phi) is 4.16. The molecule has 1 aromatic rings. The quantitative estimate of drug-likeness (QED) is 0.913. The predicted octanol–water partition coefficient (Wildman–Crippen LogP) is 1.95. The maximum Gasteiger partial charge on any atom is 0.428 e. The van der Waals surface area contributed by atoms with Crippen LogP contribution in [0, 0.1) is 0 Å². The lowest BCUT2D eigenvalue weighted by Gasteiger charge is -2.16. The molecule has 2 unspecified atom stereocenters. The summed E-state index contributed by atoms with van der Waals surface area (Å²) < 4.78 is 52.3. The van der Waals surface area contributed by atoms with Crippen molar-refractivity contribution in [1.29, 1.82) is 0 Å². The van der Waals surface area contributed by atoms with Crippen LogP contribution in [0.5, 0.6) is 11.5 Å². The van der Waals surface area contributed by atoms with Gasteiger partial charge in [-0.15, -0.1) is 0 Å². The Hall–Kier alpha value is -1.47. The topological polar surface area (TPSA) is 39.7 Å². The fourth-order valence-corrected chi connectivity index (χ4v) is 1.70. The number of hydrogen-bond acceptors (Lipinski definition) is 4. The number of halogens is 3. The third-order valence-electron chi connectivity index (χ3n) is 2.63. The first-order valence-electron chi connectivity index (χ1n) is 5.71. The molecule has 0 radical (unpaired) electrons. The zero-order chi connectivity index (χ0) is 13.9. The molecule has 0 bridgehead atoms. The second-order valence-electron chi connectivity index (χ2n) is 4.08. The molecule has 1 fully saturated rings. The van der Waals surface area contributed by atoms with E-state index < -0.39 is 18.5 Å². The van der Waals surface area contributed by atoms with Gasteiger partial charge in [-0.25, -0.2) is 0 Å².